The Hall–Kier alpha value is -1.62. The molecule has 1 aliphatic heterocycles. The molecule has 5 nitrogen and oxygen atoms in total. The molecule has 1 aliphatic carbocycles. The van der Waals surface area contributed by atoms with Crippen LogP contribution in [-0.4, -0.2) is 40.0 Å². The van der Waals surface area contributed by atoms with Crippen LogP contribution in [-0.2, 0) is 11.3 Å². The molecule has 0 unspecified atom stereocenters. The van der Waals surface area contributed by atoms with Crippen molar-refractivity contribution in [3.05, 3.63) is 24.0 Å². The van der Waals surface area contributed by atoms with Gasteiger partial charge in [-0.05, 0) is 37.8 Å². The van der Waals surface area contributed by atoms with Crippen LogP contribution >= 0.6 is 0 Å². The lowest BCUT2D eigenvalue weighted by atomic mass is 10.0. The number of rotatable bonds is 4. The minimum Gasteiger partial charge on any atom is -0.506 e. The van der Waals surface area contributed by atoms with E-state index in [9.17, 15) is 9.90 Å². The number of nitrogens with zero attached hydrogens (tertiary/aromatic N) is 2. The predicted molar refractivity (Wildman–Crippen MR) is 75.1 cm³/mol. The van der Waals surface area contributed by atoms with Crippen LogP contribution in [0.25, 0.3) is 0 Å². The molecule has 1 saturated carbocycles. The maximum absolute atomic E-state index is 12.0. The van der Waals surface area contributed by atoms with E-state index < -0.39 is 0 Å². The third-order valence-corrected chi connectivity index (χ3v) is 4.11. The van der Waals surface area contributed by atoms with Gasteiger partial charge in [-0.2, -0.15) is 0 Å². The minimum atomic E-state index is 0.195. The van der Waals surface area contributed by atoms with Gasteiger partial charge in [0.1, 0.15) is 5.75 Å². The van der Waals surface area contributed by atoms with Gasteiger partial charge >= 0.3 is 0 Å². The maximum Gasteiger partial charge on any atom is 0.225 e. The van der Waals surface area contributed by atoms with Gasteiger partial charge in [-0.25, -0.2) is 0 Å². The summed E-state index contributed by atoms with van der Waals surface area (Å²) in [6.45, 7) is 2.45. The van der Waals surface area contributed by atoms with Crippen LogP contribution in [0.15, 0.2) is 18.3 Å². The highest BCUT2D eigenvalue weighted by atomic mass is 16.3. The van der Waals surface area contributed by atoms with Gasteiger partial charge in [0.05, 0.1) is 11.9 Å². The Bertz CT molecular complexity index is 463. The van der Waals surface area contributed by atoms with E-state index in [2.05, 4.69) is 10.3 Å². The van der Waals surface area contributed by atoms with Crippen molar-refractivity contribution >= 4 is 5.91 Å². The number of nitrogens with one attached hydrogen (secondary N) is 1. The SMILES string of the molecule is O=C(C1CC1)N1CCC(NCc2ccc(O)cn2)CC1. The number of aromatic nitrogens is 1. The summed E-state index contributed by atoms with van der Waals surface area (Å²) in [6.07, 6.45) is 5.66. The molecule has 1 aromatic heterocycles. The van der Waals surface area contributed by atoms with Gasteiger partial charge in [0.2, 0.25) is 5.91 Å². The van der Waals surface area contributed by atoms with Gasteiger partial charge in [-0.15, -0.1) is 0 Å². The van der Waals surface area contributed by atoms with Crippen LogP contribution in [0.3, 0.4) is 0 Å². The highest BCUT2D eigenvalue weighted by molar-refractivity contribution is 5.81. The summed E-state index contributed by atoms with van der Waals surface area (Å²) in [5.74, 6) is 0.894. The van der Waals surface area contributed by atoms with Crippen molar-refractivity contribution in [2.24, 2.45) is 5.92 Å². The van der Waals surface area contributed by atoms with E-state index in [4.69, 9.17) is 0 Å². The maximum atomic E-state index is 12.0. The van der Waals surface area contributed by atoms with E-state index in [1.165, 1.54) is 6.20 Å². The Morgan fingerprint density at radius 2 is 2.05 bits per heavy atom. The Morgan fingerprint density at radius 3 is 2.65 bits per heavy atom. The molecule has 0 spiro atoms. The number of piperidine rings is 1. The fourth-order valence-corrected chi connectivity index (χ4v) is 2.66. The molecule has 1 aromatic rings. The molecule has 0 bridgehead atoms. The summed E-state index contributed by atoms with van der Waals surface area (Å²) in [4.78, 5) is 18.1. The van der Waals surface area contributed by atoms with Crippen LogP contribution in [0.1, 0.15) is 31.4 Å². The number of carbonyl (C=O) groups is 1. The molecule has 2 heterocycles. The van der Waals surface area contributed by atoms with Gasteiger partial charge in [-0.1, -0.05) is 0 Å². The lowest BCUT2D eigenvalue weighted by Crippen LogP contribution is -2.45. The van der Waals surface area contributed by atoms with E-state index in [0.29, 0.717) is 24.4 Å². The molecule has 5 heteroatoms. The molecule has 0 atom stereocenters. The topological polar surface area (TPSA) is 65.5 Å². The molecular weight excluding hydrogens is 254 g/mol. The zero-order valence-corrected chi connectivity index (χ0v) is 11.6. The van der Waals surface area contributed by atoms with Gasteiger partial charge in [0, 0.05) is 31.6 Å². The molecule has 0 radical (unpaired) electrons. The van der Waals surface area contributed by atoms with Crippen molar-refractivity contribution in [2.75, 3.05) is 13.1 Å². The summed E-state index contributed by atoms with van der Waals surface area (Å²) in [5.41, 5.74) is 0.930. The third kappa shape index (κ3) is 3.28. The molecule has 0 aromatic carbocycles. The highest BCUT2D eigenvalue weighted by Crippen LogP contribution is 2.31. The van der Waals surface area contributed by atoms with Crippen molar-refractivity contribution in [2.45, 2.75) is 38.3 Å². The molecule has 2 fully saturated rings. The third-order valence-electron chi connectivity index (χ3n) is 4.11. The number of likely N-dealkylation sites (tertiary alicyclic amines) is 1. The second-order valence-electron chi connectivity index (χ2n) is 5.76. The highest BCUT2D eigenvalue weighted by Gasteiger charge is 2.34. The zero-order valence-electron chi connectivity index (χ0n) is 11.6. The number of amides is 1. The first-order valence-electron chi connectivity index (χ1n) is 7.38. The van der Waals surface area contributed by atoms with Crippen LogP contribution < -0.4 is 5.32 Å². The van der Waals surface area contributed by atoms with E-state index in [1.54, 1.807) is 6.07 Å². The molecule has 108 valence electrons. The Balaban J connectivity index is 1.42. The number of aromatic hydroxyl groups is 1. The number of hydrogen-bond acceptors (Lipinski definition) is 4. The van der Waals surface area contributed by atoms with Crippen molar-refractivity contribution in [1.82, 2.24) is 15.2 Å². The average molecular weight is 275 g/mol. The van der Waals surface area contributed by atoms with E-state index >= 15 is 0 Å². The summed E-state index contributed by atoms with van der Waals surface area (Å²) >= 11 is 0. The Kier molecular flexibility index (Phi) is 3.87. The Morgan fingerprint density at radius 1 is 1.30 bits per heavy atom. The summed E-state index contributed by atoms with van der Waals surface area (Å²) in [6, 6.07) is 3.93. The number of carbonyl (C=O) groups excluding carboxylic acids is 1. The van der Waals surface area contributed by atoms with Crippen LogP contribution in [0.5, 0.6) is 5.75 Å². The first kappa shape index (κ1) is 13.4. The fourth-order valence-electron chi connectivity index (χ4n) is 2.66. The van der Waals surface area contributed by atoms with E-state index in [0.717, 1.165) is 44.5 Å². The zero-order chi connectivity index (χ0) is 13.9. The summed E-state index contributed by atoms with van der Waals surface area (Å²) in [7, 11) is 0. The van der Waals surface area contributed by atoms with Gasteiger partial charge in [-0.3, -0.25) is 9.78 Å². The lowest BCUT2D eigenvalue weighted by molar-refractivity contribution is -0.133. The first-order valence-corrected chi connectivity index (χ1v) is 7.38. The van der Waals surface area contributed by atoms with Crippen molar-refractivity contribution in [3.8, 4) is 5.75 Å². The average Bonchev–Trinajstić information content (AvgIpc) is 3.31. The molecule has 20 heavy (non-hydrogen) atoms. The normalized spacial score (nSPS) is 20.1. The molecule has 2 N–H and O–H groups in total. The number of pyridine rings is 1. The largest absolute Gasteiger partial charge is 0.506 e. The molecule has 1 saturated heterocycles. The van der Waals surface area contributed by atoms with Crippen LogP contribution in [0.2, 0.25) is 0 Å². The van der Waals surface area contributed by atoms with Crippen molar-refractivity contribution in [1.29, 1.82) is 0 Å². The summed E-state index contributed by atoms with van der Waals surface area (Å²) in [5, 5.41) is 12.7. The molecule has 1 amide bonds. The first-order chi connectivity index (χ1) is 9.72. The standard InChI is InChI=1S/C15H21N3O2/c19-14-4-3-13(17-10-14)9-16-12-5-7-18(8-6-12)15(20)11-1-2-11/h3-4,10-12,16,19H,1-2,5-9H2. The fraction of sp³-hybridized carbons (Fsp3) is 0.600. The minimum absolute atomic E-state index is 0.195. The van der Waals surface area contributed by atoms with Crippen molar-refractivity contribution < 1.29 is 9.90 Å². The molecular formula is C15H21N3O2. The Labute approximate surface area is 119 Å². The smallest absolute Gasteiger partial charge is 0.225 e. The van der Waals surface area contributed by atoms with Crippen LogP contribution in [0.4, 0.5) is 0 Å². The quantitative estimate of drug-likeness (QED) is 0.868. The van der Waals surface area contributed by atoms with E-state index in [1.807, 2.05) is 11.0 Å². The number of hydrogen-bond donors (Lipinski definition) is 2. The van der Waals surface area contributed by atoms with Crippen LogP contribution in [0, 0.1) is 5.92 Å². The second-order valence-corrected chi connectivity index (χ2v) is 5.76. The monoisotopic (exact) mass is 275 g/mol. The van der Waals surface area contributed by atoms with Gasteiger partial charge < -0.3 is 15.3 Å². The summed E-state index contributed by atoms with van der Waals surface area (Å²) < 4.78 is 0. The van der Waals surface area contributed by atoms with Gasteiger partial charge in [0.25, 0.3) is 0 Å². The van der Waals surface area contributed by atoms with Crippen molar-refractivity contribution in [3.63, 3.8) is 0 Å². The second kappa shape index (κ2) is 5.79. The molecule has 2 aliphatic rings. The molecule has 3 rings (SSSR count). The van der Waals surface area contributed by atoms with E-state index in [-0.39, 0.29) is 5.75 Å². The predicted octanol–water partition coefficient (Wildman–Crippen LogP) is 1.28. The van der Waals surface area contributed by atoms with Gasteiger partial charge in [0.15, 0.2) is 0 Å². The lowest BCUT2D eigenvalue weighted by Gasteiger charge is -2.32.